The van der Waals surface area contributed by atoms with Crippen molar-refractivity contribution in [1.29, 1.82) is 0 Å². The minimum absolute atomic E-state index is 0.0477. The zero-order valence-corrected chi connectivity index (χ0v) is 17.4. The first-order valence-electron chi connectivity index (χ1n) is 9.33. The summed E-state index contributed by atoms with van der Waals surface area (Å²) in [5.74, 6) is -4.89. The highest BCUT2D eigenvalue weighted by molar-refractivity contribution is 5.99. The standard InChI is InChI=1S/C21H23F2NO7/c1-10(2)19(27)29-9-30-20(28)16-12(4)24-11(3)15(18(25)26)17(16)13-7-5-6-8-14(13)31-21(22)23/h5-8,10,17,21,24H,9H2,1-4H3,(H,25,26)/t17-/m1/s1. The number of esters is 2. The molecule has 1 aromatic rings. The summed E-state index contributed by atoms with van der Waals surface area (Å²) in [5, 5.41) is 12.6. The monoisotopic (exact) mass is 439 g/mol. The van der Waals surface area contributed by atoms with Gasteiger partial charge in [0.15, 0.2) is 0 Å². The third-order valence-electron chi connectivity index (χ3n) is 4.52. The van der Waals surface area contributed by atoms with Gasteiger partial charge in [-0.2, -0.15) is 8.78 Å². The largest absolute Gasteiger partial charge is 0.478 e. The van der Waals surface area contributed by atoms with Crippen molar-refractivity contribution in [3.8, 4) is 5.75 Å². The molecule has 2 N–H and O–H groups in total. The van der Waals surface area contributed by atoms with E-state index in [1.165, 1.54) is 38.1 Å². The van der Waals surface area contributed by atoms with Crippen LogP contribution in [0, 0.1) is 5.92 Å². The number of dihydropyridines is 1. The summed E-state index contributed by atoms with van der Waals surface area (Å²) in [6.45, 7) is 2.37. The molecule has 0 saturated carbocycles. The molecule has 0 aliphatic carbocycles. The van der Waals surface area contributed by atoms with Crippen LogP contribution in [0.25, 0.3) is 0 Å². The molecule has 0 bridgehead atoms. The summed E-state index contributed by atoms with van der Waals surface area (Å²) >= 11 is 0. The highest BCUT2D eigenvalue weighted by Gasteiger charge is 2.39. The summed E-state index contributed by atoms with van der Waals surface area (Å²) in [4.78, 5) is 36.4. The van der Waals surface area contributed by atoms with E-state index in [1.54, 1.807) is 13.8 Å². The lowest BCUT2D eigenvalue weighted by atomic mass is 9.80. The summed E-state index contributed by atoms with van der Waals surface area (Å²) < 4.78 is 40.3. The first kappa shape index (κ1) is 23.8. The number of ether oxygens (including phenoxy) is 3. The Balaban J connectivity index is 2.48. The maximum Gasteiger partial charge on any atom is 0.387 e. The molecule has 31 heavy (non-hydrogen) atoms. The number of para-hydroxylation sites is 1. The van der Waals surface area contributed by atoms with Gasteiger partial charge in [0.1, 0.15) is 5.75 Å². The Morgan fingerprint density at radius 3 is 2.26 bits per heavy atom. The molecular weight excluding hydrogens is 416 g/mol. The van der Waals surface area contributed by atoms with E-state index in [0.717, 1.165) is 0 Å². The first-order chi connectivity index (χ1) is 14.5. The van der Waals surface area contributed by atoms with Gasteiger partial charge in [0.05, 0.1) is 23.0 Å². The number of carboxylic acid groups (broad SMARTS) is 1. The number of aliphatic carboxylic acids is 1. The smallest absolute Gasteiger partial charge is 0.387 e. The summed E-state index contributed by atoms with van der Waals surface area (Å²) in [5.41, 5.74) is 0.173. The molecule has 1 aromatic carbocycles. The van der Waals surface area contributed by atoms with Crippen LogP contribution >= 0.6 is 0 Å². The quantitative estimate of drug-likeness (QED) is 0.469. The van der Waals surface area contributed by atoms with Crippen molar-refractivity contribution in [2.75, 3.05) is 6.79 Å². The van der Waals surface area contributed by atoms with Crippen molar-refractivity contribution < 1.29 is 42.5 Å². The average Bonchev–Trinajstić information content (AvgIpc) is 2.66. The molecule has 1 heterocycles. The van der Waals surface area contributed by atoms with Gasteiger partial charge in [-0.1, -0.05) is 32.0 Å². The number of carbonyl (C=O) groups is 3. The van der Waals surface area contributed by atoms with Crippen LogP contribution in [-0.2, 0) is 23.9 Å². The summed E-state index contributed by atoms with van der Waals surface area (Å²) in [6, 6.07) is 5.59. The number of rotatable bonds is 8. The second kappa shape index (κ2) is 10.1. The number of hydrogen-bond donors (Lipinski definition) is 2. The number of alkyl halides is 2. The Morgan fingerprint density at radius 2 is 1.68 bits per heavy atom. The Hall–Kier alpha value is -3.43. The van der Waals surface area contributed by atoms with E-state index >= 15 is 0 Å². The van der Waals surface area contributed by atoms with Crippen molar-refractivity contribution in [3.63, 3.8) is 0 Å². The normalized spacial score (nSPS) is 16.3. The molecule has 10 heteroatoms. The zero-order valence-electron chi connectivity index (χ0n) is 17.4. The maximum absolute atomic E-state index is 12.9. The molecule has 0 amide bonds. The number of carboxylic acids is 1. The van der Waals surface area contributed by atoms with Gasteiger partial charge in [0, 0.05) is 17.0 Å². The van der Waals surface area contributed by atoms with E-state index in [-0.39, 0.29) is 33.9 Å². The highest BCUT2D eigenvalue weighted by atomic mass is 19.3. The molecule has 0 unspecified atom stereocenters. The van der Waals surface area contributed by atoms with Crippen LogP contribution in [0.5, 0.6) is 5.75 Å². The number of halogens is 2. The maximum atomic E-state index is 12.9. The lowest BCUT2D eigenvalue weighted by Crippen LogP contribution is -2.32. The van der Waals surface area contributed by atoms with Crippen molar-refractivity contribution in [1.82, 2.24) is 5.32 Å². The van der Waals surface area contributed by atoms with Gasteiger partial charge >= 0.3 is 24.5 Å². The lowest BCUT2D eigenvalue weighted by Gasteiger charge is -2.30. The molecular formula is C21H23F2NO7. The second-order valence-electron chi connectivity index (χ2n) is 7.02. The lowest BCUT2D eigenvalue weighted by molar-refractivity contribution is -0.167. The predicted molar refractivity (Wildman–Crippen MR) is 104 cm³/mol. The van der Waals surface area contributed by atoms with Gasteiger partial charge < -0.3 is 24.6 Å². The molecule has 1 aliphatic heterocycles. The van der Waals surface area contributed by atoms with Gasteiger partial charge in [0.25, 0.3) is 0 Å². The molecule has 1 atom stereocenters. The number of nitrogens with one attached hydrogen (secondary N) is 1. The fourth-order valence-electron chi connectivity index (χ4n) is 3.17. The molecule has 168 valence electrons. The molecule has 1 aliphatic rings. The van der Waals surface area contributed by atoms with Crippen LogP contribution in [0.4, 0.5) is 8.78 Å². The highest BCUT2D eigenvalue weighted by Crippen LogP contribution is 2.42. The van der Waals surface area contributed by atoms with Crippen molar-refractivity contribution in [2.24, 2.45) is 5.92 Å². The molecule has 0 saturated heterocycles. The van der Waals surface area contributed by atoms with E-state index in [4.69, 9.17) is 9.47 Å². The van der Waals surface area contributed by atoms with Gasteiger partial charge in [-0.05, 0) is 19.9 Å². The first-order valence-corrected chi connectivity index (χ1v) is 9.33. The van der Waals surface area contributed by atoms with Crippen molar-refractivity contribution >= 4 is 17.9 Å². The molecule has 0 radical (unpaired) electrons. The van der Waals surface area contributed by atoms with Gasteiger partial charge in [-0.3, -0.25) is 4.79 Å². The van der Waals surface area contributed by atoms with Crippen molar-refractivity contribution in [3.05, 3.63) is 52.4 Å². The summed E-state index contributed by atoms with van der Waals surface area (Å²) in [6.07, 6.45) is 0. The van der Waals surface area contributed by atoms with Crippen LogP contribution in [0.2, 0.25) is 0 Å². The van der Waals surface area contributed by atoms with E-state index < -0.39 is 43.1 Å². The SMILES string of the molecule is CC1=C(C(=O)O)[C@@H](c2ccccc2OC(F)F)C(C(=O)OCOC(=O)C(C)C)=C(C)N1. The number of hydrogen-bond acceptors (Lipinski definition) is 7. The number of allylic oxidation sites excluding steroid dienone is 2. The molecule has 2 rings (SSSR count). The molecule has 0 aromatic heterocycles. The van der Waals surface area contributed by atoms with Crippen LogP contribution in [0.15, 0.2) is 46.8 Å². The minimum Gasteiger partial charge on any atom is -0.478 e. The topological polar surface area (TPSA) is 111 Å². The van der Waals surface area contributed by atoms with E-state index in [0.29, 0.717) is 0 Å². The number of benzene rings is 1. The van der Waals surface area contributed by atoms with Crippen LogP contribution in [0.1, 0.15) is 39.2 Å². The predicted octanol–water partition coefficient (Wildman–Crippen LogP) is 3.31. The second-order valence-corrected chi connectivity index (χ2v) is 7.02. The number of carbonyl (C=O) groups excluding carboxylic acids is 2. The van der Waals surface area contributed by atoms with Gasteiger partial charge in [-0.25, -0.2) is 9.59 Å². The molecule has 0 spiro atoms. The average molecular weight is 439 g/mol. The van der Waals surface area contributed by atoms with E-state index in [2.05, 4.69) is 10.1 Å². The van der Waals surface area contributed by atoms with Crippen molar-refractivity contribution in [2.45, 2.75) is 40.2 Å². The Labute approximate surface area is 177 Å². The van der Waals surface area contributed by atoms with E-state index in [9.17, 15) is 28.3 Å². The summed E-state index contributed by atoms with van der Waals surface area (Å²) in [7, 11) is 0. The van der Waals surface area contributed by atoms with Gasteiger partial charge in [-0.15, -0.1) is 0 Å². The van der Waals surface area contributed by atoms with Crippen LogP contribution in [-0.4, -0.2) is 36.4 Å². The fourth-order valence-corrected chi connectivity index (χ4v) is 3.17. The van der Waals surface area contributed by atoms with Crippen LogP contribution in [0.3, 0.4) is 0 Å². The third kappa shape index (κ3) is 5.59. The van der Waals surface area contributed by atoms with Gasteiger partial charge in [0.2, 0.25) is 6.79 Å². The molecule has 8 nitrogen and oxygen atoms in total. The fraction of sp³-hybridized carbons (Fsp3) is 0.381. The molecule has 0 fully saturated rings. The Bertz CT molecular complexity index is 937. The Kier molecular flexibility index (Phi) is 7.73. The minimum atomic E-state index is -3.16. The van der Waals surface area contributed by atoms with Crippen LogP contribution < -0.4 is 10.1 Å². The Morgan fingerprint density at radius 1 is 1.06 bits per heavy atom. The third-order valence-corrected chi connectivity index (χ3v) is 4.52. The zero-order chi connectivity index (χ0) is 23.3. The van der Waals surface area contributed by atoms with E-state index in [1.807, 2.05) is 0 Å².